The minimum atomic E-state index is -0.840. The fourth-order valence-corrected chi connectivity index (χ4v) is 1.93. The first-order valence-electron chi connectivity index (χ1n) is 7.04. The van der Waals surface area contributed by atoms with Crippen LogP contribution in [0.15, 0.2) is 0 Å². The predicted molar refractivity (Wildman–Crippen MR) is 55.4 cm³/mol. The molecule has 0 aliphatic carbocycles. The largest absolute Gasteiger partial charge is 0.395 e. The molecule has 1 rings (SSSR count). The molecule has 1 fully saturated rings. The molecule has 1 aliphatic rings. The van der Waals surface area contributed by atoms with Crippen LogP contribution in [0.2, 0.25) is 0 Å². The van der Waals surface area contributed by atoms with Gasteiger partial charge in [-0.2, -0.15) is 0 Å². The van der Waals surface area contributed by atoms with E-state index in [2.05, 4.69) is 27.4 Å². The highest BCUT2D eigenvalue weighted by atomic mass is 16.4. The van der Waals surface area contributed by atoms with Crippen molar-refractivity contribution in [1.29, 1.82) is 5.72 Å². The second-order valence-electron chi connectivity index (χ2n) is 4.05. The van der Waals surface area contributed by atoms with Crippen LogP contribution in [-0.4, -0.2) is 75.1 Å². The molecule has 4 N–H and O–H groups in total. The second kappa shape index (κ2) is 5.77. The molecule has 0 aromatic heterocycles. The lowest BCUT2D eigenvalue weighted by molar-refractivity contribution is -0.145. The summed E-state index contributed by atoms with van der Waals surface area (Å²) in [5.41, 5.74) is 0. The molecule has 0 saturated carbocycles. The highest BCUT2D eigenvalue weighted by Crippen LogP contribution is 2.19. The Balaban J connectivity index is 2.83. The standard InChI is InChI=1S/C10H21NO4/c1-2-3-4-11-5-8(13)10(15)9(14)7(11)6-12/h7-10,12-15H,2-6H2,1H3/t7-,8+,9-,10-/m1/s1/i12D,13D,14D,15D. The van der Waals surface area contributed by atoms with Crippen molar-refractivity contribution < 1.29 is 20.4 Å². The zero-order valence-electron chi connectivity index (χ0n) is 12.9. The van der Waals surface area contributed by atoms with Gasteiger partial charge in [0.15, 0.2) is 0 Å². The van der Waals surface area contributed by atoms with Gasteiger partial charge in [-0.1, -0.05) is 13.3 Å². The van der Waals surface area contributed by atoms with Crippen LogP contribution in [0.4, 0.5) is 0 Å². The van der Waals surface area contributed by atoms with E-state index >= 15 is 0 Å². The highest BCUT2D eigenvalue weighted by molar-refractivity contribution is 4.93. The normalized spacial score (nSPS) is 41.7. The van der Waals surface area contributed by atoms with Crippen molar-refractivity contribution >= 4 is 0 Å². The van der Waals surface area contributed by atoms with E-state index in [1.807, 2.05) is 4.90 Å². The summed E-state index contributed by atoms with van der Waals surface area (Å²) in [4.78, 5) is 1.96. The van der Waals surface area contributed by atoms with Gasteiger partial charge in [0.2, 0.25) is 5.72 Å². The summed E-state index contributed by atoms with van der Waals surface area (Å²) in [6.07, 6.45) is -0.345. The number of aliphatic hydroxyl groups is 4. The predicted octanol–water partition coefficient (Wildman–Crippen LogP) is -1.45. The van der Waals surface area contributed by atoms with Crippen molar-refractivity contribution in [3.05, 3.63) is 0 Å². The molecule has 15 heavy (non-hydrogen) atoms. The van der Waals surface area contributed by atoms with Gasteiger partial charge in [-0.3, -0.25) is 4.90 Å². The number of likely N-dealkylation sites (tertiary alicyclic amines) is 1. The molecule has 0 bridgehead atoms. The third-order valence-electron chi connectivity index (χ3n) is 2.92. The Morgan fingerprint density at radius 2 is 2.20 bits per heavy atom. The Morgan fingerprint density at radius 3 is 2.80 bits per heavy atom. The first kappa shape index (κ1) is 7.97. The van der Waals surface area contributed by atoms with Crippen LogP contribution in [0.25, 0.3) is 0 Å². The monoisotopic (exact) mass is 223 g/mol. The van der Waals surface area contributed by atoms with E-state index < -0.39 is 18.3 Å². The average Bonchev–Trinajstić information content (AvgIpc) is 2.45. The molecule has 1 heterocycles. The van der Waals surface area contributed by atoms with Crippen LogP contribution in [0.1, 0.15) is 19.8 Å². The van der Waals surface area contributed by atoms with Gasteiger partial charge in [0.1, 0.15) is 12.2 Å². The van der Waals surface area contributed by atoms with Crippen LogP contribution in [0, 0.1) is 0 Å². The SMILES string of the molecule is [2H]OC[C@@H]1[C@@H](O[2H])[C@H](O[2H])[C@@H](O[2H])CN1CCCC. The number of rotatable bonds is 8. The van der Waals surface area contributed by atoms with Crippen LogP contribution < -0.4 is 0 Å². The van der Waals surface area contributed by atoms with Gasteiger partial charge in [0.25, 0.3) is 0 Å². The molecule has 5 nitrogen and oxygen atoms in total. The molecule has 90 valence electrons. The number of hydrogen-bond donors (Lipinski definition) is 4. The summed E-state index contributed by atoms with van der Waals surface area (Å²) in [5, 5.41) is 18.2. The number of β-amino-alcohol motifs (C(OH)–C–C–N with tert-alkyl or cyclic N) is 1. The van der Waals surface area contributed by atoms with Gasteiger partial charge < -0.3 is 20.4 Å². The van der Waals surface area contributed by atoms with Crippen LogP contribution in [0.3, 0.4) is 0 Å². The molecule has 0 radical (unpaired) electrons. The van der Waals surface area contributed by atoms with Crippen molar-refractivity contribution in [3.8, 4) is 0 Å². The van der Waals surface area contributed by atoms with Gasteiger partial charge in [-0.25, -0.2) is 0 Å². The number of hydrogen-bond acceptors (Lipinski definition) is 5. The van der Waals surface area contributed by atoms with Crippen molar-refractivity contribution in [3.63, 3.8) is 0 Å². The number of unbranched alkanes of at least 4 members (excludes halogenated alkanes) is 1. The molecule has 0 aromatic rings. The molecule has 1 saturated heterocycles. The van der Waals surface area contributed by atoms with Crippen molar-refractivity contribution in [2.24, 2.45) is 0 Å². The van der Waals surface area contributed by atoms with E-state index in [1.165, 1.54) is 0 Å². The van der Waals surface area contributed by atoms with Crippen molar-refractivity contribution in [2.45, 2.75) is 44.1 Å². The number of aliphatic hydroxyl groups excluding tert-OH is 4. The van der Waals surface area contributed by atoms with Crippen molar-refractivity contribution in [2.75, 3.05) is 19.7 Å². The van der Waals surface area contributed by atoms with Gasteiger partial charge in [0, 0.05) is 6.54 Å². The maximum atomic E-state index is 7.15. The second-order valence-corrected chi connectivity index (χ2v) is 4.05. The van der Waals surface area contributed by atoms with Gasteiger partial charge in [0.05, 0.1) is 18.8 Å². The first-order valence-corrected chi connectivity index (χ1v) is 5.41. The lowest BCUT2D eigenvalue weighted by Crippen LogP contribution is -2.62. The minimum Gasteiger partial charge on any atom is -0.395 e. The van der Waals surface area contributed by atoms with Crippen LogP contribution >= 0.6 is 0 Å². The molecule has 0 unspecified atom stereocenters. The lowest BCUT2D eigenvalue weighted by atomic mass is 9.94. The molecule has 5 heteroatoms. The summed E-state index contributed by atoms with van der Waals surface area (Å²) >= 11 is 0. The third-order valence-corrected chi connectivity index (χ3v) is 2.92. The average molecular weight is 223 g/mol. The summed E-state index contributed by atoms with van der Waals surface area (Å²) in [5.74, 6) is 0. The summed E-state index contributed by atoms with van der Waals surface area (Å²) in [6.45, 7) is 3.24. The molecule has 0 amide bonds. The number of nitrogens with zero attached hydrogens (tertiary/aromatic N) is 1. The Kier molecular flexibility index (Phi) is 3.07. The molecule has 1 aliphatic heterocycles. The lowest BCUT2D eigenvalue weighted by Gasteiger charge is -2.43. The van der Waals surface area contributed by atoms with E-state index in [0.717, 1.165) is 19.4 Å². The Hall–Kier alpha value is -0.200. The van der Waals surface area contributed by atoms with E-state index in [4.69, 9.17) is 5.72 Å². The molecular weight excluding hydrogens is 198 g/mol. The fourth-order valence-electron chi connectivity index (χ4n) is 1.93. The van der Waals surface area contributed by atoms with E-state index in [9.17, 15) is 0 Å². The Labute approximate surface area is 95.9 Å². The maximum absolute atomic E-state index is 7.15. The topological polar surface area (TPSA) is 84.2 Å². The Morgan fingerprint density at radius 1 is 1.33 bits per heavy atom. The first-order chi connectivity index (χ1) is 9.23. The van der Waals surface area contributed by atoms with Crippen LogP contribution in [0.5, 0.6) is 0 Å². The fraction of sp³-hybridized carbons (Fsp3) is 1.00. The zero-order valence-corrected chi connectivity index (χ0v) is 8.93. The quantitative estimate of drug-likeness (QED) is 0.404. The van der Waals surface area contributed by atoms with Gasteiger partial charge in [-0.05, 0) is 13.0 Å². The molecule has 4 atom stereocenters. The molecular formula is C10H21NO4. The molecule has 0 spiro atoms. The van der Waals surface area contributed by atoms with Gasteiger partial charge >= 0.3 is 0 Å². The highest BCUT2D eigenvalue weighted by Gasteiger charge is 2.40. The van der Waals surface area contributed by atoms with Crippen molar-refractivity contribution in [1.82, 2.24) is 4.90 Å². The summed E-state index contributed by atoms with van der Waals surface area (Å²) < 4.78 is 28.2. The van der Waals surface area contributed by atoms with Crippen LogP contribution in [-0.2, 0) is 0 Å². The summed E-state index contributed by atoms with van der Waals surface area (Å²) in [6, 6.07) is -0.358. The maximum Gasteiger partial charge on any atom is 0.211 e. The third kappa shape index (κ3) is 2.89. The van der Waals surface area contributed by atoms with E-state index in [1.54, 1.807) is 0 Å². The van der Waals surface area contributed by atoms with E-state index in [-0.39, 0.29) is 12.6 Å². The summed E-state index contributed by atoms with van der Waals surface area (Å²) in [7, 11) is 0. The minimum absolute atomic E-state index is 0.0534. The van der Waals surface area contributed by atoms with E-state index in [0.29, 0.717) is 6.54 Å². The molecule has 0 aromatic carbocycles. The smallest absolute Gasteiger partial charge is 0.211 e. The van der Waals surface area contributed by atoms with Gasteiger partial charge in [-0.15, -0.1) is 0 Å². The zero-order chi connectivity index (χ0) is 14.3. The number of piperidine rings is 1. The Bertz CT molecular complexity index is 252.